The molecule has 194 valence electrons. The molecule has 0 bridgehead atoms. The van der Waals surface area contributed by atoms with Gasteiger partial charge in [0.1, 0.15) is 17.7 Å². The van der Waals surface area contributed by atoms with Crippen LogP contribution in [0, 0.1) is 11.8 Å². The summed E-state index contributed by atoms with van der Waals surface area (Å²) in [5, 5.41) is 23.5. The normalized spacial score (nSPS) is 24.1. The smallest absolute Gasteiger partial charge is 0.252 e. The Morgan fingerprint density at radius 2 is 1.92 bits per heavy atom. The molecular weight excluding hydrogens is 480 g/mol. The van der Waals surface area contributed by atoms with Gasteiger partial charge in [0.2, 0.25) is 11.8 Å². The Kier molecular flexibility index (Phi) is 7.10. The average Bonchev–Trinajstić information content (AvgIpc) is 3.46. The molecule has 0 aliphatic carbocycles. The molecule has 2 aliphatic rings. The van der Waals surface area contributed by atoms with Crippen LogP contribution in [0.5, 0.6) is 0 Å². The summed E-state index contributed by atoms with van der Waals surface area (Å²) in [4.78, 5) is 38.1. The number of hydrogen-bond acceptors (Lipinski definition) is 12. The van der Waals surface area contributed by atoms with Gasteiger partial charge in [0, 0.05) is 45.1 Å². The molecular formula is C23H28N10O4. The summed E-state index contributed by atoms with van der Waals surface area (Å²) >= 11 is 0. The van der Waals surface area contributed by atoms with E-state index in [0.717, 1.165) is 32.1 Å². The molecule has 0 spiro atoms. The number of nitrogens with one attached hydrogen (secondary N) is 1. The van der Waals surface area contributed by atoms with Crippen LogP contribution in [0.4, 0.5) is 11.8 Å². The van der Waals surface area contributed by atoms with Crippen LogP contribution in [0.2, 0.25) is 0 Å². The van der Waals surface area contributed by atoms with Crippen molar-refractivity contribution in [1.29, 1.82) is 0 Å². The zero-order chi connectivity index (χ0) is 25.9. The van der Waals surface area contributed by atoms with E-state index in [-0.39, 0.29) is 17.3 Å². The molecule has 5 rings (SSSR count). The van der Waals surface area contributed by atoms with Crippen LogP contribution in [0.15, 0.2) is 24.8 Å². The summed E-state index contributed by atoms with van der Waals surface area (Å²) in [6.07, 6.45) is -0.270. The van der Waals surface area contributed by atoms with Gasteiger partial charge in [-0.15, -0.1) is 0 Å². The minimum absolute atomic E-state index is 0.123. The first kappa shape index (κ1) is 24.8. The minimum Gasteiger partial charge on any atom is -0.387 e. The van der Waals surface area contributed by atoms with Gasteiger partial charge >= 0.3 is 0 Å². The Hall–Kier alpha value is -3.90. The molecule has 1 amide bonds. The summed E-state index contributed by atoms with van der Waals surface area (Å²) < 4.78 is 7.11. The fourth-order valence-corrected chi connectivity index (χ4v) is 4.35. The number of carbonyl (C=O) groups excluding carboxylic acids is 1. The predicted molar refractivity (Wildman–Crippen MR) is 132 cm³/mol. The fourth-order valence-electron chi connectivity index (χ4n) is 4.35. The SMILES string of the molecule is CCNC(=O)[C@H]1O[C@@H](n2cnc3c(N)nc(C#CCN4CCN(c5ncccn5)CC4)nc32)[C@@H](O)[C@H]1O. The summed E-state index contributed by atoms with van der Waals surface area (Å²) in [5.41, 5.74) is 6.67. The fraction of sp³-hybridized carbons (Fsp3) is 0.478. The number of rotatable bonds is 5. The number of anilines is 2. The van der Waals surface area contributed by atoms with Crippen LogP contribution >= 0.6 is 0 Å². The summed E-state index contributed by atoms with van der Waals surface area (Å²) in [5.74, 6) is 6.57. The Morgan fingerprint density at radius 3 is 2.65 bits per heavy atom. The van der Waals surface area contributed by atoms with Crippen LogP contribution in [0.1, 0.15) is 19.0 Å². The van der Waals surface area contributed by atoms with Crippen LogP contribution in [0.25, 0.3) is 11.2 Å². The van der Waals surface area contributed by atoms with E-state index in [4.69, 9.17) is 10.5 Å². The van der Waals surface area contributed by atoms with Crippen molar-refractivity contribution in [2.75, 3.05) is 49.9 Å². The summed E-state index contributed by atoms with van der Waals surface area (Å²) in [6.45, 7) is 5.86. The van der Waals surface area contributed by atoms with Gasteiger partial charge < -0.3 is 30.9 Å². The van der Waals surface area contributed by atoms with Crippen molar-refractivity contribution >= 4 is 28.8 Å². The molecule has 0 saturated carbocycles. The number of hydrogen-bond donors (Lipinski definition) is 4. The Balaban J connectivity index is 1.28. The highest BCUT2D eigenvalue weighted by Gasteiger charge is 2.47. The van der Waals surface area contributed by atoms with Crippen molar-refractivity contribution in [1.82, 2.24) is 39.7 Å². The highest BCUT2D eigenvalue weighted by molar-refractivity contribution is 5.83. The third-order valence-corrected chi connectivity index (χ3v) is 6.28. The zero-order valence-corrected chi connectivity index (χ0v) is 20.2. The number of carbonyl (C=O) groups is 1. The van der Waals surface area contributed by atoms with Crippen molar-refractivity contribution in [2.24, 2.45) is 0 Å². The van der Waals surface area contributed by atoms with E-state index in [1.54, 1.807) is 25.4 Å². The van der Waals surface area contributed by atoms with E-state index in [2.05, 4.69) is 51.9 Å². The molecule has 14 nitrogen and oxygen atoms in total. The Labute approximate surface area is 212 Å². The lowest BCUT2D eigenvalue weighted by Gasteiger charge is -2.33. The van der Waals surface area contributed by atoms with Gasteiger partial charge in [0.25, 0.3) is 5.91 Å². The standard InChI is InChI=1S/C23H28N10O4/c1-2-25-21(36)18-16(34)17(35)22(37-18)33-13-28-15-19(24)29-14(30-20(15)33)5-3-8-31-9-11-32(12-10-31)23-26-6-4-7-27-23/h4,6-7,13,16-18,22,34-35H,2,8-12H2,1H3,(H,25,36)(H2,24,29,30)/t16-,17+,18+,22-/m1/s1. The first-order chi connectivity index (χ1) is 18.0. The molecule has 37 heavy (non-hydrogen) atoms. The molecule has 2 aliphatic heterocycles. The van der Waals surface area contributed by atoms with E-state index >= 15 is 0 Å². The molecule has 5 N–H and O–H groups in total. The molecule has 3 aromatic rings. The number of aromatic nitrogens is 6. The van der Waals surface area contributed by atoms with Gasteiger partial charge in [0.05, 0.1) is 12.9 Å². The number of likely N-dealkylation sites (N-methyl/N-ethyl adjacent to an activating group) is 1. The average molecular weight is 509 g/mol. The summed E-state index contributed by atoms with van der Waals surface area (Å²) in [7, 11) is 0. The Morgan fingerprint density at radius 1 is 1.16 bits per heavy atom. The third-order valence-electron chi connectivity index (χ3n) is 6.28. The van der Waals surface area contributed by atoms with E-state index in [0.29, 0.717) is 18.6 Å². The lowest BCUT2D eigenvalue weighted by atomic mass is 10.1. The maximum Gasteiger partial charge on any atom is 0.252 e. The van der Waals surface area contributed by atoms with E-state index in [1.165, 1.54) is 10.9 Å². The second kappa shape index (κ2) is 10.6. The molecule has 5 heterocycles. The number of nitrogens with two attached hydrogens (primary N) is 1. The van der Waals surface area contributed by atoms with Crippen LogP contribution < -0.4 is 16.0 Å². The molecule has 2 fully saturated rings. The largest absolute Gasteiger partial charge is 0.387 e. The van der Waals surface area contributed by atoms with Crippen molar-refractivity contribution in [3.8, 4) is 11.8 Å². The quantitative estimate of drug-likeness (QED) is 0.282. The highest BCUT2D eigenvalue weighted by Crippen LogP contribution is 2.32. The third kappa shape index (κ3) is 5.02. The van der Waals surface area contributed by atoms with Gasteiger partial charge in [-0.05, 0) is 18.9 Å². The second-order valence-corrected chi connectivity index (χ2v) is 8.69. The maximum atomic E-state index is 12.2. The van der Waals surface area contributed by atoms with Gasteiger partial charge in [-0.2, -0.15) is 0 Å². The van der Waals surface area contributed by atoms with Crippen LogP contribution in [-0.2, 0) is 9.53 Å². The van der Waals surface area contributed by atoms with Crippen molar-refractivity contribution < 1.29 is 19.7 Å². The zero-order valence-electron chi connectivity index (χ0n) is 20.2. The van der Waals surface area contributed by atoms with Crippen molar-refractivity contribution in [2.45, 2.75) is 31.5 Å². The molecule has 14 heteroatoms. The van der Waals surface area contributed by atoms with Crippen molar-refractivity contribution in [3.63, 3.8) is 0 Å². The van der Waals surface area contributed by atoms with E-state index in [1.807, 2.05) is 0 Å². The molecule has 0 radical (unpaired) electrons. The van der Waals surface area contributed by atoms with E-state index < -0.39 is 30.4 Å². The second-order valence-electron chi connectivity index (χ2n) is 8.69. The lowest BCUT2D eigenvalue weighted by Crippen LogP contribution is -2.47. The van der Waals surface area contributed by atoms with Crippen LogP contribution in [0.3, 0.4) is 0 Å². The topological polar surface area (TPSA) is 181 Å². The Bertz CT molecular complexity index is 1320. The number of nitrogen functional groups attached to an aromatic ring is 1. The number of nitrogens with zero attached hydrogens (tertiary/aromatic N) is 8. The molecule has 2 saturated heterocycles. The first-order valence-electron chi connectivity index (χ1n) is 12.0. The number of piperazine rings is 1. The number of imidazole rings is 1. The number of fused-ring (bicyclic) bond motifs is 1. The first-order valence-corrected chi connectivity index (χ1v) is 12.0. The molecule has 0 unspecified atom stereocenters. The number of aliphatic hydroxyl groups excluding tert-OH is 2. The number of ether oxygens (including phenoxy) is 1. The monoisotopic (exact) mass is 508 g/mol. The predicted octanol–water partition coefficient (Wildman–Crippen LogP) is -1.87. The highest BCUT2D eigenvalue weighted by atomic mass is 16.6. The number of aliphatic hydroxyl groups is 2. The van der Waals surface area contributed by atoms with Crippen LogP contribution in [-0.4, -0.2) is 108 Å². The van der Waals surface area contributed by atoms with Gasteiger partial charge in [0.15, 0.2) is 23.8 Å². The minimum atomic E-state index is -1.42. The van der Waals surface area contributed by atoms with Crippen molar-refractivity contribution in [3.05, 3.63) is 30.6 Å². The van der Waals surface area contributed by atoms with Gasteiger partial charge in [-0.1, -0.05) is 5.92 Å². The van der Waals surface area contributed by atoms with Gasteiger partial charge in [-0.25, -0.2) is 24.9 Å². The molecule has 0 aromatic carbocycles. The maximum absolute atomic E-state index is 12.2. The number of amides is 1. The summed E-state index contributed by atoms with van der Waals surface area (Å²) in [6, 6.07) is 1.80. The van der Waals surface area contributed by atoms with E-state index in [9.17, 15) is 15.0 Å². The van der Waals surface area contributed by atoms with Gasteiger partial charge in [-0.3, -0.25) is 14.3 Å². The molecule has 4 atom stereocenters. The lowest BCUT2D eigenvalue weighted by molar-refractivity contribution is -0.137. The molecule has 3 aromatic heterocycles.